The zero-order valence-electron chi connectivity index (χ0n) is 68.8. The van der Waals surface area contributed by atoms with Crippen LogP contribution in [0.5, 0.6) is 0 Å². The molecule has 4 aliphatic heterocycles. The summed E-state index contributed by atoms with van der Waals surface area (Å²) in [7, 11) is 0. The van der Waals surface area contributed by atoms with Gasteiger partial charge in [-0.2, -0.15) is 5.26 Å². The first-order valence-corrected chi connectivity index (χ1v) is 42.7. The standard InChI is InChI=1S/C99H93N21O4/c100-58-68-10-6-14-78(54-68)94(97(122)108-80-28-19-73(20-29-80)76-24-33-84-87(56-76)111-91(63-105-84)118-50-44-115(45-51-118)66-70-12-8-38-102-60-70)99(120-40-4-1-5-41-120,36-35-93(121)107-79-26-17-72(18-27-79)75-23-32-83-86(55-75)110-90(62-104-83)117-48-42-114(43-49-117)65-69-11-7-37-101-59-69)95(96-82-15-2-3-16-89(82)124-113-96)98(123)109-81-30-21-74(22-31-81)77-25-34-85-88(57-77)112-92(64-106-85)119-52-46-116(47-53-119)67-71-13-9-39-103-61-71/h2-3,6-34,37-39,54-57,59-64,94-95H,1,4-5,35-36,40-53,65-67H2,(H,107,121)(H,108,122)(H,109,123). The average molecular weight is 1640 g/mol. The van der Waals surface area contributed by atoms with Crippen molar-refractivity contribution >= 4 is 96.3 Å². The number of para-hydroxylation sites is 1. The topological polar surface area (TPSA) is 276 Å². The first-order valence-electron chi connectivity index (χ1n) is 42.7. The third-order valence-corrected chi connectivity index (χ3v) is 24.8. The Labute approximate surface area is 718 Å². The number of nitrogens with one attached hydrogen (secondary N) is 3. The van der Waals surface area contributed by atoms with Gasteiger partial charge in [0.2, 0.25) is 17.7 Å². The molecule has 124 heavy (non-hydrogen) atoms. The number of rotatable bonds is 25. The Morgan fingerprint density at radius 3 is 1.25 bits per heavy atom. The molecule has 0 saturated carbocycles. The number of carbonyl (C=O) groups excluding carboxylic acids is 3. The van der Waals surface area contributed by atoms with Gasteiger partial charge in [0.1, 0.15) is 29.1 Å². The lowest BCUT2D eigenvalue weighted by Crippen LogP contribution is -2.63. The number of aromatic nitrogens is 10. The van der Waals surface area contributed by atoms with Crippen LogP contribution in [-0.4, -0.2) is 184 Å². The number of fused-ring (bicyclic) bond motifs is 4. The molecule has 15 aromatic rings. The molecule has 7 aromatic heterocycles. The van der Waals surface area contributed by atoms with E-state index in [1.54, 1.807) is 36.8 Å². The Kier molecular flexibility index (Phi) is 23.3. The van der Waals surface area contributed by atoms with Gasteiger partial charge in [0.05, 0.1) is 74.8 Å². The summed E-state index contributed by atoms with van der Waals surface area (Å²) < 4.78 is 6.28. The third kappa shape index (κ3) is 17.7. The van der Waals surface area contributed by atoms with Gasteiger partial charge in [-0.1, -0.05) is 109 Å². The van der Waals surface area contributed by atoms with Crippen LogP contribution in [0.1, 0.15) is 77.5 Å². The van der Waals surface area contributed by atoms with E-state index in [-0.39, 0.29) is 24.4 Å². The molecule has 3 N–H and O–H groups in total. The van der Waals surface area contributed by atoms with E-state index in [1.165, 1.54) is 16.7 Å². The monoisotopic (exact) mass is 1640 g/mol. The minimum atomic E-state index is -1.66. The molecule has 25 heteroatoms. The zero-order valence-corrected chi connectivity index (χ0v) is 68.8. The molecule has 0 radical (unpaired) electrons. The SMILES string of the molecule is N#Cc1cccc(C(C(=O)Nc2ccc(-c3ccc4ncc(N5CCN(Cc6cccnc6)CC5)nc4c3)cc2)C(CCC(=O)Nc2ccc(-c3ccc4ncc(N5CCN(Cc6cccnc6)CC5)nc4c3)cc2)(C(C(=O)Nc2ccc(-c3ccc4ncc(N5CCN(Cc6cccnc6)CC5)nc4c3)cc2)c2noc3ccccc23)N2CCCCC2)c1. The van der Waals surface area contributed by atoms with E-state index in [0.29, 0.717) is 52.2 Å². The summed E-state index contributed by atoms with van der Waals surface area (Å²) >= 11 is 0. The molecule has 25 nitrogen and oxygen atoms in total. The molecule has 8 aromatic carbocycles. The minimum absolute atomic E-state index is 0.0615. The van der Waals surface area contributed by atoms with Crippen LogP contribution in [0.15, 0.2) is 273 Å². The fraction of sp³-hybridized carbons (Fsp3) is 0.253. The molecule has 4 fully saturated rings. The van der Waals surface area contributed by atoms with E-state index < -0.39 is 29.2 Å². The second-order valence-electron chi connectivity index (χ2n) is 32.6. The minimum Gasteiger partial charge on any atom is -0.356 e. The van der Waals surface area contributed by atoms with Crippen LogP contribution in [-0.2, 0) is 34.0 Å². The summed E-state index contributed by atoms with van der Waals surface area (Å²) in [6.07, 6.45) is 18.9. The third-order valence-electron chi connectivity index (χ3n) is 24.8. The number of nitrogens with zero attached hydrogens (tertiary/aromatic N) is 18. The predicted octanol–water partition coefficient (Wildman–Crippen LogP) is 15.5. The van der Waals surface area contributed by atoms with E-state index in [2.05, 4.69) is 108 Å². The first kappa shape index (κ1) is 79.6. The smallest absolute Gasteiger partial charge is 0.235 e. The van der Waals surface area contributed by atoms with E-state index in [9.17, 15) is 5.26 Å². The summed E-state index contributed by atoms with van der Waals surface area (Å²) in [5.41, 5.74) is 15.0. The van der Waals surface area contributed by atoms with Crippen LogP contribution in [0.4, 0.5) is 34.5 Å². The number of benzene rings is 8. The van der Waals surface area contributed by atoms with Crippen molar-refractivity contribution in [2.75, 3.05) is 122 Å². The number of piperazine rings is 3. The molecular formula is C99H93N21O4. The van der Waals surface area contributed by atoms with Gasteiger partial charge in [-0.25, -0.2) is 15.0 Å². The van der Waals surface area contributed by atoms with Crippen LogP contribution in [0.3, 0.4) is 0 Å². The van der Waals surface area contributed by atoms with Crippen molar-refractivity contribution in [3.63, 3.8) is 0 Å². The van der Waals surface area contributed by atoms with E-state index in [4.69, 9.17) is 39.6 Å². The summed E-state index contributed by atoms with van der Waals surface area (Å²) in [5.74, 6) is -1.47. The lowest BCUT2D eigenvalue weighted by atomic mass is 9.64. The van der Waals surface area contributed by atoms with Gasteiger partial charge in [-0.3, -0.25) is 63.9 Å². The van der Waals surface area contributed by atoms with Crippen LogP contribution in [0.25, 0.3) is 77.5 Å². The second kappa shape index (κ2) is 36.3. The Balaban J connectivity index is 0.637. The fourth-order valence-corrected chi connectivity index (χ4v) is 18.3. The average Bonchev–Trinajstić information content (AvgIpc) is 1.27. The van der Waals surface area contributed by atoms with E-state index >= 15 is 14.4 Å². The summed E-state index contributed by atoms with van der Waals surface area (Å²) in [4.78, 5) is 109. The highest BCUT2D eigenvalue weighted by atomic mass is 16.5. The Morgan fingerprint density at radius 2 is 0.823 bits per heavy atom. The maximum Gasteiger partial charge on any atom is 0.235 e. The van der Waals surface area contributed by atoms with E-state index in [1.807, 2.05) is 195 Å². The van der Waals surface area contributed by atoms with Gasteiger partial charge in [-0.05, 0) is 203 Å². The zero-order chi connectivity index (χ0) is 83.7. The second-order valence-corrected chi connectivity index (χ2v) is 32.6. The van der Waals surface area contributed by atoms with Gasteiger partial charge in [0, 0.05) is 164 Å². The van der Waals surface area contributed by atoms with Gasteiger partial charge < -0.3 is 35.2 Å². The molecule has 11 heterocycles. The van der Waals surface area contributed by atoms with Crippen LogP contribution < -0.4 is 30.7 Å². The molecule has 19 rings (SSSR count). The number of amides is 3. The maximum atomic E-state index is 16.9. The van der Waals surface area contributed by atoms with Crippen molar-refractivity contribution in [3.05, 3.63) is 302 Å². The molecular weight excluding hydrogens is 1550 g/mol. The van der Waals surface area contributed by atoms with Crippen molar-refractivity contribution in [1.82, 2.24) is 69.6 Å². The van der Waals surface area contributed by atoms with Crippen molar-refractivity contribution in [3.8, 4) is 39.4 Å². The lowest BCUT2D eigenvalue weighted by Gasteiger charge is -2.53. The predicted molar refractivity (Wildman–Crippen MR) is 484 cm³/mol. The molecule has 3 unspecified atom stereocenters. The molecule has 4 aliphatic rings. The largest absolute Gasteiger partial charge is 0.356 e. The van der Waals surface area contributed by atoms with Gasteiger partial charge >= 0.3 is 0 Å². The summed E-state index contributed by atoms with van der Waals surface area (Å²) in [6.45, 7) is 13.6. The Bertz CT molecular complexity index is 6350. The highest BCUT2D eigenvalue weighted by molar-refractivity contribution is 6.04. The highest BCUT2D eigenvalue weighted by Crippen LogP contribution is 2.51. The quantitative estimate of drug-likeness (QED) is 0.0479. The van der Waals surface area contributed by atoms with Crippen molar-refractivity contribution < 1.29 is 18.9 Å². The molecule has 0 spiro atoms. The summed E-state index contributed by atoms with van der Waals surface area (Å²) in [5, 5.41) is 26.3. The van der Waals surface area contributed by atoms with Crippen molar-refractivity contribution in [2.24, 2.45) is 0 Å². The normalized spacial score (nSPS) is 16.1. The fourth-order valence-electron chi connectivity index (χ4n) is 18.3. The first-order chi connectivity index (χ1) is 61.0. The maximum absolute atomic E-state index is 16.9. The number of likely N-dealkylation sites (tertiary alicyclic amines) is 1. The number of piperidine rings is 1. The number of anilines is 6. The van der Waals surface area contributed by atoms with E-state index in [0.717, 1.165) is 201 Å². The van der Waals surface area contributed by atoms with Crippen molar-refractivity contribution in [1.29, 1.82) is 5.26 Å². The summed E-state index contributed by atoms with van der Waals surface area (Å²) in [6, 6.07) is 70.5. The molecule has 3 atom stereocenters. The van der Waals surface area contributed by atoms with Gasteiger partial charge in [0.25, 0.3) is 0 Å². The number of pyridine rings is 3. The number of nitriles is 1. The van der Waals surface area contributed by atoms with Crippen LogP contribution in [0.2, 0.25) is 0 Å². The molecule has 618 valence electrons. The van der Waals surface area contributed by atoms with Gasteiger partial charge in [-0.15, -0.1) is 0 Å². The Morgan fingerprint density at radius 1 is 0.403 bits per heavy atom. The number of hydrogen-bond acceptors (Lipinski definition) is 22. The van der Waals surface area contributed by atoms with Crippen LogP contribution in [0, 0.1) is 11.3 Å². The lowest BCUT2D eigenvalue weighted by molar-refractivity contribution is -0.130. The Hall–Kier alpha value is -14.2. The highest BCUT2D eigenvalue weighted by Gasteiger charge is 2.58. The number of carbonyl (C=O) groups is 3. The number of hydrogen-bond donors (Lipinski definition) is 3. The van der Waals surface area contributed by atoms with Crippen LogP contribution >= 0.6 is 0 Å². The van der Waals surface area contributed by atoms with Gasteiger partial charge in [0.15, 0.2) is 5.58 Å². The molecule has 3 amide bonds. The van der Waals surface area contributed by atoms with Crippen molar-refractivity contribution in [2.45, 2.75) is 69.1 Å². The molecule has 4 saturated heterocycles. The molecule has 0 aliphatic carbocycles. The molecule has 0 bridgehead atoms.